The van der Waals surface area contributed by atoms with Crippen LogP contribution in [0.2, 0.25) is 0 Å². The van der Waals surface area contributed by atoms with E-state index in [0.29, 0.717) is 11.4 Å². The molecule has 0 atom stereocenters. The molecule has 0 saturated heterocycles. The van der Waals surface area contributed by atoms with Gasteiger partial charge in [0.2, 0.25) is 0 Å². The maximum atomic E-state index is 12.2. The van der Waals surface area contributed by atoms with Crippen molar-refractivity contribution in [3.05, 3.63) is 144 Å². The van der Waals surface area contributed by atoms with Gasteiger partial charge >= 0.3 is 0 Å². The minimum atomic E-state index is -0.301. The Morgan fingerprint density at radius 1 is 0.667 bits per heavy atom. The maximum Gasteiger partial charge on any atom is 0.148 e. The number of nitrogens with zero attached hydrogens (tertiary/aromatic N) is 3. The van der Waals surface area contributed by atoms with E-state index in [1.165, 1.54) is 0 Å². The van der Waals surface area contributed by atoms with E-state index < -0.39 is 0 Å². The third kappa shape index (κ3) is 6.49. The maximum absolute atomic E-state index is 12.2. The monoisotopic (exact) mass is 889 g/mol. The topological polar surface area (TPSA) is 64.1 Å². The number of furan rings is 1. The zero-order valence-corrected chi connectivity index (χ0v) is 34.3. The van der Waals surface area contributed by atoms with E-state index in [1.54, 1.807) is 0 Å². The predicted molar refractivity (Wildman–Crippen MR) is 218 cm³/mol. The van der Waals surface area contributed by atoms with Crippen molar-refractivity contribution < 1.29 is 30.6 Å². The molecule has 0 saturated carbocycles. The van der Waals surface area contributed by atoms with Crippen LogP contribution >= 0.6 is 0 Å². The SMILES string of the molecule is Cc1oc(C)c2cc(-c3[c-]c(-c4cccc5c4nc(-c4cc(C(C)(C)C)cc(C(C)(C)C)c4O)n5-c4ccccc4-c4ccccc4)ccc3)ncc12.[Pt]. The molecule has 0 bridgehead atoms. The number of hydrogen-bond acceptors (Lipinski definition) is 4. The first-order chi connectivity index (χ1) is 25.3. The Hall–Kier alpha value is -5.25. The number of aromatic hydroxyl groups is 1. The van der Waals surface area contributed by atoms with Gasteiger partial charge in [-0.2, -0.15) is 0 Å². The first kappa shape index (κ1) is 37.1. The van der Waals surface area contributed by atoms with Gasteiger partial charge in [0.15, 0.2) is 0 Å². The second-order valence-corrected chi connectivity index (χ2v) is 16.1. The van der Waals surface area contributed by atoms with Crippen LogP contribution in [0.1, 0.15) is 64.2 Å². The fraction of sp³-hybridized carbons (Fsp3) is 0.208. The number of benzene rings is 5. The fourth-order valence-corrected chi connectivity index (χ4v) is 7.37. The Labute approximate surface area is 332 Å². The average Bonchev–Trinajstić information content (AvgIpc) is 3.67. The summed E-state index contributed by atoms with van der Waals surface area (Å²) in [5, 5.41) is 14.3. The molecule has 0 aliphatic rings. The summed E-state index contributed by atoms with van der Waals surface area (Å²) in [5.74, 6) is 2.68. The molecule has 8 rings (SSSR count). The molecule has 0 radical (unpaired) electrons. The number of fused-ring (bicyclic) bond motifs is 2. The van der Waals surface area contributed by atoms with Crippen molar-refractivity contribution in [1.29, 1.82) is 0 Å². The van der Waals surface area contributed by atoms with Crippen LogP contribution in [-0.2, 0) is 31.9 Å². The van der Waals surface area contributed by atoms with Gasteiger partial charge in [0.1, 0.15) is 23.1 Å². The molecule has 54 heavy (non-hydrogen) atoms. The van der Waals surface area contributed by atoms with Crippen molar-refractivity contribution in [3.63, 3.8) is 0 Å². The van der Waals surface area contributed by atoms with Crippen molar-refractivity contribution in [1.82, 2.24) is 14.5 Å². The first-order valence-corrected chi connectivity index (χ1v) is 18.2. The van der Waals surface area contributed by atoms with E-state index in [2.05, 4.69) is 149 Å². The van der Waals surface area contributed by atoms with Crippen LogP contribution in [-0.4, -0.2) is 19.6 Å². The van der Waals surface area contributed by atoms with Crippen LogP contribution in [0.5, 0.6) is 5.75 Å². The molecule has 0 amide bonds. The number of para-hydroxylation sites is 2. The third-order valence-electron chi connectivity index (χ3n) is 10.3. The van der Waals surface area contributed by atoms with Gasteiger partial charge in [-0.3, -0.25) is 9.55 Å². The molecule has 8 aromatic rings. The summed E-state index contributed by atoms with van der Waals surface area (Å²) >= 11 is 0. The molecule has 0 aliphatic heterocycles. The van der Waals surface area contributed by atoms with Crippen LogP contribution in [0, 0.1) is 19.9 Å². The Balaban J connectivity index is 0.00000450. The summed E-state index contributed by atoms with van der Waals surface area (Å²) in [5.41, 5.74) is 10.7. The van der Waals surface area contributed by atoms with Crippen LogP contribution < -0.4 is 0 Å². The van der Waals surface area contributed by atoms with Gasteiger partial charge in [-0.15, -0.1) is 29.8 Å². The number of aromatic nitrogens is 3. The van der Waals surface area contributed by atoms with Crippen LogP contribution in [0.4, 0.5) is 0 Å². The normalized spacial score (nSPS) is 12.0. The summed E-state index contributed by atoms with van der Waals surface area (Å²) in [4.78, 5) is 10.3. The number of rotatable bonds is 5. The molecular formula is C48H44N3O2Pt-. The standard InChI is InChI=1S/C48H44N3O2.Pt/c1-29-37-27-41(49-28-39(37)30(2)53-29)33-19-14-18-32(24-33)36-21-15-23-43-44(36)50-46(38-25-34(47(3,4)5)26-40(45(38)52)48(6,7)8)51(43)42-22-13-12-20-35(42)31-16-10-9-11-17-31;/h9-23,25-28,52H,1-8H3;/q-1;. The molecule has 5 nitrogen and oxygen atoms in total. The van der Waals surface area contributed by atoms with Crippen LogP contribution in [0.25, 0.3) is 72.4 Å². The summed E-state index contributed by atoms with van der Waals surface area (Å²) in [6, 6.07) is 41.4. The van der Waals surface area contributed by atoms with Crippen molar-refractivity contribution >= 4 is 21.8 Å². The molecule has 274 valence electrons. The number of phenolic OH excluding ortho intramolecular Hbond substituents is 1. The number of pyridine rings is 1. The largest absolute Gasteiger partial charge is 0.507 e. The van der Waals surface area contributed by atoms with E-state index >= 15 is 0 Å². The van der Waals surface area contributed by atoms with E-state index in [9.17, 15) is 5.11 Å². The molecule has 0 spiro atoms. The number of hydrogen-bond donors (Lipinski definition) is 1. The molecule has 0 fully saturated rings. The number of phenols is 1. The van der Waals surface area contributed by atoms with E-state index in [1.807, 2.05) is 32.2 Å². The van der Waals surface area contributed by atoms with E-state index in [-0.39, 0.29) is 37.6 Å². The quantitative estimate of drug-likeness (QED) is 0.175. The third-order valence-corrected chi connectivity index (χ3v) is 10.3. The van der Waals surface area contributed by atoms with Crippen molar-refractivity contribution in [3.8, 4) is 56.3 Å². The van der Waals surface area contributed by atoms with E-state index in [4.69, 9.17) is 14.4 Å². The zero-order valence-electron chi connectivity index (χ0n) is 32.0. The van der Waals surface area contributed by atoms with Gasteiger partial charge < -0.3 is 9.52 Å². The van der Waals surface area contributed by atoms with Gasteiger partial charge in [0.05, 0.1) is 22.3 Å². The van der Waals surface area contributed by atoms with Crippen LogP contribution in [0.15, 0.2) is 120 Å². The van der Waals surface area contributed by atoms with Crippen molar-refractivity contribution in [2.45, 2.75) is 66.2 Å². The molecule has 0 unspecified atom stereocenters. The number of aryl methyl sites for hydroxylation is 2. The fourth-order valence-electron chi connectivity index (χ4n) is 7.37. The zero-order chi connectivity index (χ0) is 37.2. The molecule has 0 aliphatic carbocycles. The summed E-state index contributed by atoms with van der Waals surface area (Å²) in [6.45, 7) is 17.0. The van der Waals surface area contributed by atoms with E-state index in [0.717, 1.165) is 83.7 Å². The summed E-state index contributed by atoms with van der Waals surface area (Å²) in [7, 11) is 0. The Kier molecular flexibility index (Phi) is 9.52. The molecule has 3 aromatic heterocycles. The average molecular weight is 890 g/mol. The Morgan fingerprint density at radius 2 is 1.33 bits per heavy atom. The van der Waals surface area contributed by atoms with Crippen LogP contribution in [0.3, 0.4) is 0 Å². The first-order valence-electron chi connectivity index (χ1n) is 18.2. The predicted octanol–water partition coefficient (Wildman–Crippen LogP) is 12.5. The molecule has 1 N–H and O–H groups in total. The van der Waals surface area contributed by atoms with Gasteiger partial charge in [0.25, 0.3) is 0 Å². The Bertz CT molecular complexity index is 2670. The van der Waals surface area contributed by atoms with Gasteiger partial charge in [-0.05, 0) is 54.0 Å². The summed E-state index contributed by atoms with van der Waals surface area (Å²) in [6.07, 6.45) is 1.89. The minimum Gasteiger partial charge on any atom is -0.507 e. The van der Waals surface area contributed by atoms with Crippen molar-refractivity contribution in [2.24, 2.45) is 0 Å². The molecule has 6 heteroatoms. The molecule has 5 aromatic carbocycles. The van der Waals surface area contributed by atoms with Gasteiger partial charge in [-0.1, -0.05) is 125 Å². The summed E-state index contributed by atoms with van der Waals surface area (Å²) < 4.78 is 8.12. The number of imidazole rings is 1. The molecular weight excluding hydrogens is 846 g/mol. The minimum absolute atomic E-state index is 0. The van der Waals surface area contributed by atoms with Crippen molar-refractivity contribution in [2.75, 3.05) is 0 Å². The second kappa shape index (κ2) is 13.9. The van der Waals surface area contributed by atoms with Gasteiger partial charge in [-0.25, -0.2) is 4.98 Å². The Morgan fingerprint density at radius 3 is 2.07 bits per heavy atom. The second-order valence-electron chi connectivity index (χ2n) is 16.1. The smallest absolute Gasteiger partial charge is 0.148 e. The molecule has 3 heterocycles. The van der Waals surface area contributed by atoms with Gasteiger partial charge in [0, 0.05) is 54.9 Å².